The van der Waals surface area contributed by atoms with Crippen molar-refractivity contribution < 1.29 is 5.11 Å². The van der Waals surface area contributed by atoms with Gasteiger partial charge in [0.2, 0.25) is 0 Å². The van der Waals surface area contributed by atoms with E-state index < -0.39 is 0 Å². The van der Waals surface area contributed by atoms with Crippen molar-refractivity contribution in [3.05, 3.63) is 30.3 Å². The van der Waals surface area contributed by atoms with Gasteiger partial charge in [0, 0.05) is 0 Å². The summed E-state index contributed by atoms with van der Waals surface area (Å²) >= 11 is 0. The van der Waals surface area contributed by atoms with Crippen LogP contribution >= 0.6 is 0 Å². The lowest BCUT2D eigenvalue weighted by atomic mass is 10.3. The number of benzene rings is 1. The zero-order chi connectivity index (χ0) is 5.11. The van der Waals surface area contributed by atoms with Crippen molar-refractivity contribution in [1.29, 1.82) is 0 Å². The van der Waals surface area contributed by atoms with E-state index in [9.17, 15) is 0 Å². The first kappa shape index (κ1) is 6.98. The van der Waals surface area contributed by atoms with Gasteiger partial charge < -0.3 is 11.3 Å². The Kier molecular flexibility index (Phi) is 2.66. The van der Waals surface area contributed by atoms with Gasteiger partial charge in [-0.05, 0) is 12.1 Å². The van der Waals surface area contributed by atoms with E-state index in [1.807, 2.05) is 6.07 Å². The van der Waals surface area contributed by atoms with Crippen molar-refractivity contribution in [3.63, 3.8) is 0 Å². The molecule has 44 valence electrons. The molecule has 1 aromatic rings. The summed E-state index contributed by atoms with van der Waals surface area (Å²) in [6.07, 6.45) is 0. The van der Waals surface area contributed by atoms with Crippen LogP contribution in [0.3, 0.4) is 0 Å². The van der Waals surface area contributed by atoms with Crippen molar-refractivity contribution >= 4 is 0 Å². The SMILES string of the molecule is Oc1ccccc1.[NH4+]. The predicted molar refractivity (Wildman–Crippen MR) is 34.1 cm³/mol. The third kappa shape index (κ3) is 1.62. The predicted octanol–water partition coefficient (Wildman–Crippen LogP) is 1.77. The Hall–Kier alpha value is -1.02. The van der Waals surface area contributed by atoms with Gasteiger partial charge in [-0.2, -0.15) is 0 Å². The molecule has 5 N–H and O–H groups in total. The van der Waals surface area contributed by atoms with Gasteiger partial charge in [0.05, 0.1) is 0 Å². The molecule has 0 aromatic heterocycles. The van der Waals surface area contributed by atoms with Crippen molar-refractivity contribution in [3.8, 4) is 5.75 Å². The lowest BCUT2D eigenvalue weighted by Crippen LogP contribution is -1.56. The molecule has 0 aliphatic carbocycles. The highest BCUT2D eigenvalue weighted by molar-refractivity contribution is 5.18. The highest BCUT2D eigenvalue weighted by atomic mass is 16.3. The quantitative estimate of drug-likeness (QED) is 0.528. The van der Waals surface area contributed by atoms with Crippen molar-refractivity contribution in [1.82, 2.24) is 6.15 Å². The number of rotatable bonds is 0. The van der Waals surface area contributed by atoms with Crippen LogP contribution in [0.25, 0.3) is 0 Å². The summed E-state index contributed by atoms with van der Waals surface area (Å²) in [4.78, 5) is 0. The summed E-state index contributed by atoms with van der Waals surface area (Å²) in [5.41, 5.74) is 0. The molecule has 0 fully saturated rings. The molecule has 0 saturated carbocycles. The van der Waals surface area contributed by atoms with E-state index in [1.165, 1.54) is 0 Å². The molecule has 0 bridgehead atoms. The number of phenolic OH excluding ortho intramolecular Hbond substituents is 1. The fourth-order valence-corrected chi connectivity index (χ4v) is 0.428. The van der Waals surface area contributed by atoms with Crippen LogP contribution in [-0.4, -0.2) is 5.11 Å². The van der Waals surface area contributed by atoms with Gasteiger partial charge in [-0.15, -0.1) is 0 Å². The van der Waals surface area contributed by atoms with Gasteiger partial charge in [0.1, 0.15) is 5.75 Å². The highest BCUT2D eigenvalue weighted by Crippen LogP contribution is 2.02. The van der Waals surface area contributed by atoms with Crippen LogP contribution in [0.1, 0.15) is 0 Å². The molecule has 0 saturated heterocycles. The van der Waals surface area contributed by atoms with E-state index in [1.54, 1.807) is 24.3 Å². The van der Waals surface area contributed by atoms with Gasteiger partial charge >= 0.3 is 0 Å². The molecule has 0 unspecified atom stereocenters. The number of aromatic hydroxyl groups is 1. The average Bonchev–Trinajstić information content (AvgIpc) is 1.69. The molecule has 8 heavy (non-hydrogen) atoms. The number of para-hydroxylation sites is 1. The molecular weight excluding hydrogens is 102 g/mol. The Balaban J connectivity index is 0.000000490. The monoisotopic (exact) mass is 112 g/mol. The van der Waals surface area contributed by atoms with Gasteiger partial charge in [-0.3, -0.25) is 0 Å². The molecule has 0 aliphatic rings. The maximum Gasteiger partial charge on any atom is 0.115 e. The molecule has 0 heterocycles. The van der Waals surface area contributed by atoms with Crippen LogP contribution < -0.4 is 6.15 Å². The Labute approximate surface area is 48.4 Å². The number of hydrogen-bond acceptors (Lipinski definition) is 1. The van der Waals surface area contributed by atoms with E-state index in [0.29, 0.717) is 5.75 Å². The van der Waals surface area contributed by atoms with Gasteiger partial charge in [-0.1, -0.05) is 18.2 Å². The third-order valence-electron chi connectivity index (χ3n) is 0.756. The lowest BCUT2D eigenvalue weighted by molar-refractivity contribution is 0.475. The van der Waals surface area contributed by atoms with Crippen LogP contribution in [0.15, 0.2) is 30.3 Å². The Morgan fingerprint density at radius 2 is 1.50 bits per heavy atom. The van der Waals surface area contributed by atoms with Crippen LogP contribution in [0, 0.1) is 0 Å². The second-order valence-electron chi connectivity index (χ2n) is 1.34. The number of hydrogen-bond donors (Lipinski definition) is 2. The molecule has 0 radical (unpaired) electrons. The third-order valence-corrected chi connectivity index (χ3v) is 0.756. The summed E-state index contributed by atoms with van der Waals surface area (Å²) < 4.78 is 0. The smallest absolute Gasteiger partial charge is 0.115 e. The summed E-state index contributed by atoms with van der Waals surface area (Å²) in [5, 5.41) is 8.63. The molecule has 0 amide bonds. The van der Waals surface area contributed by atoms with Crippen LogP contribution in [0.5, 0.6) is 5.75 Å². The normalized spacial score (nSPS) is 7.50. The van der Waals surface area contributed by atoms with E-state index in [-0.39, 0.29) is 6.15 Å². The van der Waals surface area contributed by atoms with Gasteiger partial charge in [-0.25, -0.2) is 0 Å². The number of quaternary nitrogens is 1. The van der Waals surface area contributed by atoms with Crippen molar-refractivity contribution in [2.45, 2.75) is 0 Å². The van der Waals surface area contributed by atoms with Crippen LogP contribution in [0.4, 0.5) is 0 Å². The summed E-state index contributed by atoms with van der Waals surface area (Å²) in [6, 6.07) is 8.71. The minimum Gasteiger partial charge on any atom is -0.508 e. The molecule has 1 rings (SSSR count). The van der Waals surface area contributed by atoms with E-state index >= 15 is 0 Å². The second kappa shape index (κ2) is 3.04. The maximum absolute atomic E-state index is 8.63. The Bertz CT molecular complexity index is 138. The van der Waals surface area contributed by atoms with E-state index in [2.05, 4.69) is 0 Å². The molecule has 0 spiro atoms. The summed E-state index contributed by atoms with van der Waals surface area (Å²) in [6.45, 7) is 0. The number of phenols is 1. The van der Waals surface area contributed by atoms with E-state index in [4.69, 9.17) is 5.11 Å². The zero-order valence-electron chi connectivity index (χ0n) is 4.83. The van der Waals surface area contributed by atoms with Gasteiger partial charge in [0.15, 0.2) is 0 Å². The van der Waals surface area contributed by atoms with Crippen molar-refractivity contribution in [2.75, 3.05) is 0 Å². The van der Waals surface area contributed by atoms with Crippen molar-refractivity contribution in [2.24, 2.45) is 0 Å². The molecule has 2 nitrogen and oxygen atoms in total. The first-order valence-corrected chi connectivity index (χ1v) is 2.13. The van der Waals surface area contributed by atoms with Crippen LogP contribution in [-0.2, 0) is 0 Å². The van der Waals surface area contributed by atoms with Crippen LogP contribution in [0.2, 0.25) is 0 Å². The van der Waals surface area contributed by atoms with E-state index in [0.717, 1.165) is 0 Å². The topological polar surface area (TPSA) is 56.7 Å². The maximum atomic E-state index is 8.63. The van der Waals surface area contributed by atoms with Gasteiger partial charge in [0.25, 0.3) is 0 Å². The molecule has 0 aliphatic heterocycles. The first-order chi connectivity index (χ1) is 3.39. The molecule has 2 heteroatoms. The minimum absolute atomic E-state index is 0. The molecular formula is C6H10NO+. The molecule has 0 atom stereocenters. The standard InChI is InChI=1S/C6H6O.H3N/c7-6-4-2-1-3-5-6;/h1-5,7H;1H3/p+1. The Morgan fingerprint density at radius 3 is 1.75 bits per heavy atom. The fourth-order valence-electron chi connectivity index (χ4n) is 0.428. The highest BCUT2D eigenvalue weighted by Gasteiger charge is 1.74. The first-order valence-electron chi connectivity index (χ1n) is 2.13. The minimum atomic E-state index is 0. The zero-order valence-corrected chi connectivity index (χ0v) is 4.83. The largest absolute Gasteiger partial charge is 0.508 e. The fraction of sp³-hybridized carbons (Fsp3) is 0. The summed E-state index contributed by atoms with van der Waals surface area (Å²) in [7, 11) is 0. The second-order valence-corrected chi connectivity index (χ2v) is 1.34. The summed E-state index contributed by atoms with van der Waals surface area (Å²) in [5.74, 6) is 0.322. The molecule has 1 aromatic carbocycles. The average molecular weight is 112 g/mol. The Morgan fingerprint density at radius 1 is 1.00 bits per heavy atom. The lowest BCUT2D eigenvalue weighted by Gasteiger charge is -1.82.